The minimum Gasteiger partial charge on any atom is -0.496 e. The molecule has 1 heterocycles. The highest BCUT2D eigenvalue weighted by atomic mass is 16.6. The number of amides is 2. The van der Waals surface area contributed by atoms with Gasteiger partial charge in [0.05, 0.1) is 24.1 Å². The fourth-order valence-corrected chi connectivity index (χ4v) is 2.66. The summed E-state index contributed by atoms with van der Waals surface area (Å²) in [6, 6.07) is 8.71. The Morgan fingerprint density at radius 3 is 2.63 bits per heavy atom. The second-order valence-electron chi connectivity index (χ2n) is 5.86. The summed E-state index contributed by atoms with van der Waals surface area (Å²) in [5.74, 6) is 1.62. The van der Waals surface area contributed by atoms with Gasteiger partial charge in [-0.15, -0.1) is 0 Å². The van der Waals surface area contributed by atoms with E-state index in [-0.39, 0.29) is 17.4 Å². The maximum Gasteiger partial charge on any atom is 0.319 e. The van der Waals surface area contributed by atoms with Gasteiger partial charge in [0.1, 0.15) is 24.7 Å². The lowest BCUT2D eigenvalue weighted by Gasteiger charge is -2.21. The Balaban J connectivity index is 1.70. The van der Waals surface area contributed by atoms with Gasteiger partial charge in [-0.1, -0.05) is 6.07 Å². The molecule has 2 N–H and O–H groups in total. The topological polar surface area (TPSA) is 112 Å². The number of nitrogens with one attached hydrogen (secondary N) is 2. The van der Waals surface area contributed by atoms with E-state index in [1.165, 1.54) is 25.3 Å². The number of hydrogen-bond acceptors (Lipinski definition) is 6. The van der Waals surface area contributed by atoms with Crippen molar-refractivity contribution in [2.45, 2.75) is 13.0 Å². The molecule has 0 saturated carbocycles. The Hall–Kier alpha value is -3.49. The van der Waals surface area contributed by atoms with Crippen LogP contribution in [0.25, 0.3) is 0 Å². The summed E-state index contributed by atoms with van der Waals surface area (Å²) in [4.78, 5) is 22.9. The van der Waals surface area contributed by atoms with Gasteiger partial charge >= 0.3 is 6.03 Å². The van der Waals surface area contributed by atoms with E-state index in [9.17, 15) is 14.9 Å². The Kier molecular flexibility index (Phi) is 5.30. The molecular weight excluding hydrogens is 354 g/mol. The molecule has 2 amide bonds. The van der Waals surface area contributed by atoms with Crippen LogP contribution >= 0.6 is 0 Å². The van der Waals surface area contributed by atoms with Gasteiger partial charge in [-0.05, 0) is 36.8 Å². The Labute approximate surface area is 155 Å². The first-order valence-electron chi connectivity index (χ1n) is 8.27. The van der Waals surface area contributed by atoms with Crippen LogP contribution in [-0.4, -0.2) is 31.3 Å². The SMILES string of the molecule is COc1ccc(NC(=O)N[C@@H](C)c2ccc3c(c2)OCCO3)c([N+](=O)[O-])c1. The van der Waals surface area contributed by atoms with Gasteiger partial charge in [0, 0.05) is 0 Å². The number of urea groups is 1. The van der Waals surface area contributed by atoms with Crippen LogP contribution in [-0.2, 0) is 0 Å². The predicted molar refractivity (Wildman–Crippen MR) is 97.6 cm³/mol. The highest BCUT2D eigenvalue weighted by Gasteiger charge is 2.19. The lowest BCUT2D eigenvalue weighted by atomic mass is 10.1. The summed E-state index contributed by atoms with van der Waals surface area (Å²) in [5.41, 5.74) is 0.641. The average molecular weight is 373 g/mol. The van der Waals surface area contributed by atoms with Crippen LogP contribution < -0.4 is 24.8 Å². The number of rotatable bonds is 5. The molecule has 142 valence electrons. The molecule has 2 aromatic carbocycles. The van der Waals surface area contributed by atoms with Gasteiger partial charge in [0.15, 0.2) is 11.5 Å². The molecule has 0 spiro atoms. The highest BCUT2D eigenvalue weighted by molar-refractivity contribution is 5.92. The van der Waals surface area contributed by atoms with Crippen molar-refractivity contribution in [1.82, 2.24) is 5.32 Å². The zero-order valence-electron chi connectivity index (χ0n) is 14.9. The third kappa shape index (κ3) is 4.20. The Morgan fingerprint density at radius 2 is 1.93 bits per heavy atom. The molecule has 1 aliphatic heterocycles. The third-order valence-electron chi connectivity index (χ3n) is 4.06. The van der Waals surface area contributed by atoms with Gasteiger partial charge in [-0.3, -0.25) is 10.1 Å². The number of hydrogen-bond donors (Lipinski definition) is 2. The molecule has 2 aromatic rings. The molecule has 0 fully saturated rings. The molecular formula is C18H19N3O6. The molecule has 0 bridgehead atoms. The summed E-state index contributed by atoms with van der Waals surface area (Å²) >= 11 is 0. The van der Waals surface area contributed by atoms with Gasteiger partial charge < -0.3 is 24.8 Å². The summed E-state index contributed by atoms with van der Waals surface area (Å²) in [5, 5.41) is 16.5. The van der Waals surface area contributed by atoms with Crippen molar-refractivity contribution >= 4 is 17.4 Å². The van der Waals surface area contributed by atoms with E-state index in [0.717, 1.165) is 5.56 Å². The first-order valence-corrected chi connectivity index (χ1v) is 8.27. The number of methoxy groups -OCH3 is 1. The first-order chi connectivity index (χ1) is 13.0. The summed E-state index contributed by atoms with van der Waals surface area (Å²) < 4.78 is 16.0. The molecule has 1 atom stereocenters. The van der Waals surface area contributed by atoms with E-state index < -0.39 is 11.0 Å². The first kappa shape index (κ1) is 18.3. The minimum absolute atomic E-state index is 0.0766. The quantitative estimate of drug-likeness (QED) is 0.615. The maximum absolute atomic E-state index is 12.3. The fourth-order valence-electron chi connectivity index (χ4n) is 2.66. The smallest absolute Gasteiger partial charge is 0.319 e. The standard InChI is InChI=1S/C18H19N3O6/c1-11(12-3-6-16-17(9-12)27-8-7-26-16)19-18(22)20-14-5-4-13(25-2)10-15(14)21(23)24/h3-6,9-11H,7-8H2,1-2H3,(H2,19,20,22)/t11-/m0/s1. The van der Waals surface area contributed by atoms with Crippen LogP contribution in [0.3, 0.4) is 0 Å². The normalized spacial score (nSPS) is 13.4. The number of carbonyl (C=O) groups is 1. The average Bonchev–Trinajstić information content (AvgIpc) is 2.67. The fraction of sp³-hybridized carbons (Fsp3) is 0.278. The van der Waals surface area contributed by atoms with Crippen molar-refractivity contribution in [2.24, 2.45) is 0 Å². The number of nitro groups is 1. The van der Waals surface area contributed by atoms with Crippen LogP contribution in [0.4, 0.5) is 16.2 Å². The molecule has 0 saturated heterocycles. The van der Waals surface area contributed by atoms with Crippen LogP contribution in [0.15, 0.2) is 36.4 Å². The largest absolute Gasteiger partial charge is 0.496 e. The minimum atomic E-state index is -0.581. The van der Waals surface area contributed by atoms with Gasteiger partial charge in [-0.25, -0.2) is 4.79 Å². The van der Waals surface area contributed by atoms with Crippen molar-refractivity contribution in [3.8, 4) is 17.2 Å². The van der Waals surface area contributed by atoms with E-state index in [4.69, 9.17) is 14.2 Å². The van der Waals surface area contributed by atoms with Gasteiger partial charge in [0.25, 0.3) is 5.69 Å². The van der Waals surface area contributed by atoms with Crippen molar-refractivity contribution in [2.75, 3.05) is 25.6 Å². The van der Waals surface area contributed by atoms with E-state index >= 15 is 0 Å². The molecule has 0 aliphatic carbocycles. The molecule has 3 rings (SSSR count). The van der Waals surface area contributed by atoms with E-state index in [2.05, 4.69) is 10.6 Å². The van der Waals surface area contributed by atoms with Crippen LogP contribution in [0, 0.1) is 10.1 Å². The summed E-state index contributed by atoms with van der Waals surface area (Å²) in [6.07, 6.45) is 0. The van der Waals surface area contributed by atoms with Crippen molar-refractivity contribution < 1.29 is 23.9 Å². The second-order valence-corrected chi connectivity index (χ2v) is 5.86. The highest BCUT2D eigenvalue weighted by Crippen LogP contribution is 2.33. The van der Waals surface area contributed by atoms with Crippen LogP contribution in [0.5, 0.6) is 17.2 Å². The Bertz CT molecular complexity index is 870. The molecule has 0 radical (unpaired) electrons. The zero-order chi connectivity index (χ0) is 19.4. The molecule has 0 unspecified atom stereocenters. The van der Waals surface area contributed by atoms with E-state index in [1.54, 1.807) is 19.1 Å². The number of carbonyl (C=O) groups excluding carboxylic acids is 1. The summed E-state index contributed by atoms with van der Waals surface area (Å²) in [6.45, 7) is 2.77. The van der Waals surface area contributed by atoms with Crippen molar-refractivity contribution in [1.29, 1.82) is 0 Å². The number of ether oxygens (including phenoxy) is 3. The van der Waals surface area contributed by atoms with E-state index in [1.807, 2.05) is 6.07 Å². The van der Waals surface area contributed by atoms with Gasteiger partial charge in [-0.2, -0.15) is 0 Å². The van der Waals surface area contributed by atoms with Crippen LogP contribution in [0.1, 0.15) is 18.5 Å². The Morgan fingerprint density at radius 1 is 1.19 bits per heavy atom. The molecule has 9 nitrogen and oxygen atoms in total. The number of fused-ring (bicyclic) bond motifs is 1. The maximum atomic E-state index is 12.3. The second kappa shape index (κ2) is 7.81. The molecule has 0 aromatic heterocycles. The number of anilines is 1. The molecule has 9 heteroatoms. The number of nitro benzene ring substituents is 1. The number of benzene rings is 2. The van der Waals surface area contributed by atoms with Crippen molar-refractivity contribution in [3.63, 3.8) is 0 Å². The van der Waals surface area contributed by atoms with Gasteiger partial charge in [0.2, 0.25) is 0 Å². The summed E-state index contributed by atoms with van der Waals surface area (Å²) in [7, 11) is 1.41. The van der Waals surface area contributed by atoms with Crippen molar-refractivity contribution in [3.05, 3.63) is 52.1 Å². The number of nitrogens with zero attached hydrogens (tertiary/aromatic N) is 1. The lowest BCUT2D eigenvalue weighted by molar-refractivity contribution is -0.384. The molecule has 1 aliphatic rings. The zero-order valence-corrected chi connectivity index (χ0v) is 14.9. The third-order valence-corrected chi connectivity index (χ3v) is 4.06. The van der Waals surface area contributed by atoms with E-state index in [0.29, 0.717) is 30.5 Å². The predicted octanol–water partition coefficient (Wildman–Crippen LogP) is 3.26. The lowest BCUT2D eigenvalue weighted by Crippen LogP contribution is -2.31. The molecule has 27 heavy (non-hydrogen) atoms. The van der Waals surface area contributed by atoms with Crippen LogP contribution in [0.2, 0.25) is 0 Å². The monoisotopic (exact) mass is 373 g/mol.